The monoisotopic (exact) mass is 293 g/mol. The van der Waals surface area contributed by atoms with Crippen molar-refractivity contribution in [3.8, 4) is 0 Å². The Morgan fingerprint density at radius 2 is 2.05 bits per heavy atom. The molecule has 0 amide bonds. The first kappa shape index (κ1) is 15.9. The number of hydrogen-bond acceptors (Lipinski definition) is 4. The highest BCUT2D eigenvalue weighted by atomic mass is 16.7. The Bertz CT molecular complexity index is 484. The summed E-state index contributed by atoms with van der Waals surface area (Å²) in [7, 11) is 0. The summed E-state index contributed by atoms with van der Waals surface area (Å²) in [6.07, 6.45) is 0. The third-order valence-electron chi connectivity index (χ3n) is 4.09. The van der Waals surface area contributed by atoms with Gasteiger partial charge in [0.1, 0.15) is 0 Å². The van der Waals surface area contributed by atoms with Gasteiger partial charge in [-0.05, 0) is 20.8 Å². The Hall–Kier alpha value is -1.43. The van der Waals surface area contributed by atoms with E-state index in [9.17, 15) is 4.79 Å². The van der Waals surface area contributed by atoms with Crippen molar-refractivity contribution in [3.05, 3.63) is 35.9 Å². The van der Waals surface area contributed by atoms with Crippen LogP contribution in [0.1, 0.15) is 26.3 Å². The molecule has 0 bridgehead atoms. The van der Waals surface area contributed by atoms with Crippen LogP contribution in [0.2, 0.25) is 0 Å². The molecule has 0 spiro atoms. The Balaban J connectivity index is 2.45. The van der Waals surface area contributed by atoms with E-state index < -0.39 is 17.3 Å². The summed E-state index contributed by atoms with van der Waals surface area (Å²) in [4.78, 5) is 13.0. The number of morpholine rings is 1. The minimum Gasteiger partial charge on any atom is -0.480 e. The molecule has 0 aromatic heterocycles. The maximum absolute atomic E-state index is 11.1. The molecular formula is C16H23NO4. The average Bonchev–Trinajstić information content (AvgIpc) is 2.44. The number of carbonyl (C=O) groups is 1. The summed E-state index contributed by atoms with van der Waals surface area (Å²) in [5.41, 5.74) is 0.313. The molecule has 1 fully saturated rings. The highest BCUT2D eigenvalue weighted by molar-refractivity contribution is 5.69. The molecule has 1 aromatic carbocycles. The van der Waals surface area contributed by atoms with Gasteiger partial charge >= 0.3 is 5.97 Å². The molecule has 1 aliphatic rings. The van der Waals surface area contributed by atoms with Crippen molar-refractivity contribution in [1.82, 2.24) is 4.90 Å². The lowest BCUT2D eigenvalue weighted by Gasteiger charge is -2.54. The average molecular weight is 293 g/mol. The minimum absolute atomic E-state index is 0.0297. The van der Waals surface area contributed by atoms with Gasteiger partial charge in [0.2, 0.25) is 5.79 Å². The predicted octanol–water partition coefficient (Wildman–Crippen LogP) is 2.07. The van der Waals surface area contributed by atoms with Gasteiger partial charge in [0.15, 0.2) is 0 Å². The van der Waals surface area contributed by atoms with Gasteiger partial charge in [-0.2, -0.15) is 0 Å². The highest BCUT2D eigenvalue weighted by Crippen LogP contribution is 2.44. The van der Waals surface area contributed by atoms with Crippen molar-refractivity contribution in [2.24, 2.45) is 0 Å². The van der Waals surface area contributed by atoms with Crippen LogP contribution >= 0.6 is 0 Å². The molecule has 0 radical (unpaired) electrons. The van der Waals surface area contributed by atoms with Crippen LogP contribution in [0.3, 0.4) is 0 Å². The van der Waals surface area contributed by atoms with Crippen molar-refractivity contribution >= 4 is 5.97 Å². The van der Waals surface area contributed by atoms with Crippen molar-refractivity contribution in [1.29, 1.82) is 0 Å². The molecule has 5 nitrogen and oxygen atoms in total. The fraction of sp³-hybridized carbons (Fsp3) is 0.562. The van der Waals surface area contributed by atoms with Crippen LogP contribution in [-0.4, -0.2) is 47.8 Å². The van der Waals surface area contributed by atoms with Gasteiger partial charge in [0, 0.05) is 18.7 Å². The summed E-state index contributed by atoms with van der Waals surface area (Å²) in [6.45, 7) is 7.32. The largest absolute Gasteiger partial charge is 0.480 e. The molecule has 0 aliphatic carbocycles. The molecule has 1 atom stereocenters. The van der Waals surface area contributed by atoms with Crippen molar-refractivity contribution < 1.29 is 19.4 Å². The zero-order valence-corrected chi connectivity index (χ0v) is 12.8. The number of nitrogens with zero attached hydrogens (tertiary/aromatic N) is 1. The smallest absolute Gasteiger partial charge is 0.317 e. The normalized spacial score (nSPS) is 25.7. The quantitative estimate of drug-likeness (QED) is 0.900. The number of aliphatic carboxylic acids is 1. The van der Waals surface area contributed by atoms with Crippen molar-refractivity contribution in [2.75, 3.05) is 26.3 Å². The number of hydrogen-bond donors (Lipinski definition) is 1. The number of rotatable bonds is 5. The van der Waals surface area contributed by atoms with Crippen LogP contribution in [0.25, 0.3) is 0 Å². The molecule has 1 unspecified atom stereocenters. The maximum atomic E-state index is 11.1. The first-order valence-electron chi connectivity index (χ1n) is 7.24. The van der Waals surface area contributed by atoms with E-state index in [0.29, 0.717) is 19.8 Å². The summed E-state index contributed by atoms with van der Waals surface area (Å²) in [5, 5.41) is 9.15. The van der Waals surface area contributed by atoms with E-state index in [-0.39, 0.29) is 6.54 Å². The second-order valence-electron chi connectivity index (χ2n) is 5.64. The van der Waals surface area contributed by atoms with Gasteiger partial charge in [0.05, 0.1) is 18.7 Å². The lowest BCUT2D eigenvalue weighted by atomic mass is 9.83. The maximum Gasteiger partial charge on any atom is 0.317 e. The number of ether oxygens (including phenoxy) is 2. The van der Waals surface area contributed by atoms with Crippen LogP contribution in [0.5, 0.6) is 0 Å². The molecule has 1 aliphatic heterocycles. The molecule has 21 heavy (non-hydrogen) atoms. The second-order valence-corrected chi connectivity index (χ2v) is 5.64. The third-order valence-corrected chi connectivity index (χ3v) is 4.09. The summed E-state index contributed by atoms with van der Waals surface area (Å²) in [5.74, 6) is -1.81. The van der Waals surface area contributed by atoms with Crippen LogP contribution < -0.4 is 0 Å². The molecule has 5 heteroatoms. The SMILES string of the molecule is CCOC1(c2ccccc2)OCCN(CC(=O)O)C1(C)C. The first-order valence-corrected chi connectivity index (χ1v) is 7.24. The van der Waals surface area contributed by atoms with E-state index in [4.69, 9.17) is 14.6 Å². The molecular weight excluding hydrogens is 270 g/mol. The summed E-state index contributed by atoms with van der Waals surface area (Å²) < 4.78 is 12.1. The highest BCUT2D eigenvalue weighted by Gasteiger charge is 2.55. The van der Waals surface area contributed by atoms with Gasteiger partial charge < -0.3 is 14.6 Å². The fourth-order valence-electron chi connectivity index (χ4n) is 3.00. The summed E-state index contributed by atoms with van der Waals surface area (Å²) in [6, 6.07) is 9.73. The molecule has 2 rings (SSSR count). The Morgan fingerprint density at radius 3 is 2.62 bits per heavy atom. The Kier molecular flexibility index (Phi) is 4.66. The van der Waals surface area contributed by atoms with Crippen molar-refractivity contribution in [3.63, 3.8) is 0 Å². The molecule has 1 N–H and O–H groups in total. The van der Waals surface area contributed by atoms with Crippen LogP contribution in [0, 0.1) is 0 Å². The number of carboxylic acid groups (broad SMARTS) is 1. The van der Waals surface area contributed by atoms with Gasteiger partial charge in [-0.25, -0.2) is 0 Å². The van der Waals surface area contributed by atoms with Crippen molar-refractivity contribution in [2.45, 2.75) is 32.1 Å². The summed E-state index contributed by atoms with van der Waals surface area (Å²) >= 11 is 0. The van der Waals surface area contributed by atoms with Gasteiger partial charge in [-0.1, -0.05) is 30.3 Å². The third kappa shape index (κ3) is 2.81. The van der Waals surface area contributed by atoms with Crippen LogP contribution in [0.4, 0.5) is 0 Å². The van der Waals surface area contributed by atoms with Crippen LogP contribution in [-0.2, 0) is 20.1 Å². The van der Waals surface area contributed by atoms with E-state index in [1.165, 1.54) is 0 Å². The van der Waals surface area contributed by atoms with Gasteiger partial charge in [-0.15, -0.1) is 0 Å². The number of benzene rings is 1. The van der Waals surface area contributed by atoms with E-state index in [1.54, 1.807) is 0 Å². The number of carboxylic acids is 1. The zero-order chi connectivity index (χ0) is 15.5. The standard InChI is InChI=1S/C16H23NO4/c1-4-20-16(13-8-6-5-7-9-13)15(2,3)17(10-11-21-16)12-14(18)19/h5-9H,4,10-12H2,1-3H3,(H,18,19). The van der Waals surface area contributed by atoms with E-state index in [2.05, 4.69) is 0 Å². The predicted molar refractivity (Wildman–Crippen MR) is 79.0 cm³/mol. The van der Waals surface area contributed by atoms with E-state index in [0.717, 1.165) is 5.56 Å². The lowest BCUT2D eigenvalue weighted by Crippen LogP contribution is -2.66. The van der Waals surface area contributed by atoms with Gasteiger partial charge in [-0.3, -0.25) is 9.69 Å². The topological polar surface area (TPSA) is 59.0 Å². The van der Waals surface area contributed by atoms with E-state index >= 15 is 0 Å². The zero-order valence-electron chi connectivity index (χ0n) is 12.8. The van der Waals surface area contributed by atoms with E-state index in [1.807, 2.05) is 56.0 Å². The molecule has 1 aromatic rings. The molecule has 0 saturated carbocycles. The first-order chi connectivity index (χ1) is 9.94. The lowest BCUT2D eigenvalue weighted by molar-refractivity contribution is -0.328. The molecule has 1 heterocycles. The Labute approximate surface area is 125 Å². The molecule has 1 saturated heterocycles. The second kappa shape index (κ2) is 6.13. The Morgan fingerprint density at radius 1 is 1.38 bits per heavy atom. The van der Waals surface area contributed by atoms with Crippen LogP contribution in [0.15, 0.2) is 30.3 Å². The van der Waals surface area contributed by atoms with Gasteiger partial charge in [0.25, 0.3) is 0 Å². The minimum atomic E-state index is -0.962. The fourth-order valence-corrected chi connectivity index (χ4v) is 3.00. The molecule has 116 valence electrons.